The molecule has 2 rings (SSSR count). The van der Waals surface area contributed by atoms with Crippen LogP contribution in [0.1, 0.15) is 15.9 Å². The Kier molecular flexibility index (Phi) is 3.67. The summed E-state index contributed by atoms with van der Waals surface area (Å²) in [5, 5.41) is 2.87. The van der Waals surface area contributed by atoms with Crippen molar-refractivity contribution in [2.24, 2.45) is 7.05 Å². The quantitative estimate of drug-likeness (QED) is 0.893. The van der Waals surface area contributed by atoms with E-state index >= 15 is 0 Å². The van der Waals surface area contributed by atoms with Gasteiger partial charge in [0.2, 0.25) is 0 Å². The highest BCUT2D eigenvalue weighted by Crippen LogP contribution is 2.11. The molecule has 0 aliphatic heterocycles. The third-order valence-corrected chi connectivity index (χ3v) is 2.71. The minimum Gasteiger partial charge on any atom is -0.497 e. The highest BCUT2D eigenvalue weighted by atomic mass is 16.5. The first kappa shape index (κ1) is 12.2. The van der Waals surface area contributed by atoms with Gasteiger partial charge in [-0.2, -0.15) is 0 Å². The fourth-order valence-corrected chi connectivity index (χ4v) is 1.67. The number of aryl methyl sites for hydroxylation is 1. The Morgan fingerprint density at radius 3 is 2.56 bits per heavy atom. The summed E-state index contributed by atoms with van der Waals surface area (Å²) in [6.07, 6.45) is 3.64. The summed E-state index contributed by atoms with van der Waals surface area (Å²) in [5.74, 6) is 0.750. The van der Waals surface area contributed by atoms with Crippen LogP contribution in [0, 0.1) is 0 Å². The zero-order valence-electron chi connectivity index (χ0n) is 10.5. The Balaban J connectivity index is 1.92. The Morgan fingerprint density at radius 2 is 2.00 bits per heavy atom. The van der Waals surface area contributed by atoms with Gasteiger partial charge in [-0.1, -0.05) is 12.1 Å². The molecule has 1 heterocycles. The first-order valence-electron chi connectivity index (χ1n) is 5.72. The number of hydrogen-bond donors (Lipinski definition) is 1. The van der Waals surface area contributed by atoms with Gasteiger partial charge in [0.1, 0.15) is 5.75 Å². The van der Waals surface area contributed by atoms with E-state index < -0.39 is 0 Å². The lowest BCUT2D eigenvalue weighted by Crippen LogP contribution is -2.22. The van der Waals surface area contributed by atoms with Crippen LogP contribution in [0.5, 0.6) is 5.75 Å². The van der Waals surface area contributed by atoms with Crippen molar-refractivity contribution in [1.29, 1.82) is 0 Å². The number of amides is 1. The minimum absolute atomic E-state index is 0.0635. The molecule has 2 aromatic rings. The van der Waals surface area contributed by atoms with E-state index in [4.69, 9.17) is 4.74 Å². The van der Waals surface area contributed by atoms with Crippen LogP contribution in [-0.2, 0) is 13.6 Å². The van der Waals surface area contributed by atoms with Gasteiger partial charge in [-0.05, 0) is 23.8 Å². The zero-order valence-corrected chi connectivity index (χ0v) is 10.5. The van der Waals surface area contributed by atoms with Crippen LogP contribution in [-0.4, -0.2) is 17.6 Å². The smallest absolute Gasteiger partial charge is 0.253 e. The lowest BCUT2D eigenvalue weighted by atomic mass is 10.2. The number of carbonyl (C=O) groups is 1. The molecule has 1 aromatic carbocycles. The van der Waals surface area contributed by atoms with Crippen molar-refractivity contribution in [1.82, 2.24) is 9.88 Å². The molecule has 0 radical (unpaired) electrons. The number of methoxy groups -OCH3 is 1. The largest absolute Gasteiger partial charge is 0.497 e. The molecule has 18 heavy (non-hydrogen) atoms. The van der Waals surface area contributed by atoms with Crippen molar-refractivity contribution in [2.75, 3.05) is 7.11 Å². The van der Waals surface area contributed by atoms with Gasteiger partial charge in [0.15, 0.2) is 0 Å². The van der Waals surface area contributed by atoms with Gasteiger partial charge < -0.3 is 14.6 Å². The summed E-state index contributed by atoms with van der Waals surface area (Å²) in [5.41, 5.74) is 1.71. The maximum atomic E-state index is 11.8. The summed E-state index contributed by atoms with van der Waals surface area (Å²) >= 11 is 0. The molecule has 4 nitrogen and oxygen atoms in total. The van der Waals surface area contributed by atoms with E-state index in [1.54, 1.807) is 19.4 Å². The highest BCUT2D eigenvalue weighted by Gasteiger charge is 2.05. The van der Waals surface area contributed by atoms with Gasteiger partial charge in [0.25, 0.3) is 5.91 Å². The van der Waals surface area contributed by atoms with Crippen LogP contribution >= 0.6 is 0 Å². The Bertz CT molecular complexity index is 529. The molecule has 0 saturated carbocycles. The molecule has 0 aliphatic rings. The van der Waals surface area contributed by atoms with Crippen molar-refractivity contribution in [3.63, 3.8) is 0 Å². The minimum atomic E-state index is -0.0635. The van der Waals surface area contributed by atoms with Gasteiger partial charge >= 0.3 is 0 Å². The van der Waals surface area contributed by atoms with Crippen molar-refractivity contribution >= 4 is 5.91 Å². The molecule has 94 valence electrons. The standard InChI is InChI=1S/C14H16N2O2/c1-16-8-7-12(10-16)14(17)15-9-11-3-5-13(18-2)6-4-11/h3-8,10H,9H2,1-2H3,(H,15,17). The van der Waals surface area contributed by atoms with E-state index in [1.165, 1.54) is 0 Å². The number of carbonyl (C=O) groups excluding carboxylic acids is 1. The fraction of sp³-hybridized carbons (Fsp3) is 0.214. The van der Waals surface area contributed by atoms with Crippen molar-refractivity contribution < 1.29 is 9.53 Å². The van der Waals surface area contributed by atoms with E-state index in [0.29, 0.717) is 12.1 Å². The molecule has 0 saturated heterocycles. The normalized spacial score (nSPS) is 10.1. The molecule has 1 N–H and O–H groups in total. The molecule has 1 amide bonds. The van der Waals surface area contributed by atoms with Crippen molar-refractivity contribution in [2.45, 2.75) is 6.54 Å². The molecule has 0 atom stereocenters. The van der Waals surface area contributed by atoms with Crippen LogP contribution in [0.15, 0.2) is 42.7 Å². The van der Waals surface area contributed by atoms with Gasteiger partial charge in [0.05, 0.1) is 12.7 Å². The van der Waals surface area contributed by atoms with Crippen LogP contribution in [0.4, 0.5) is 0 Å². The summed E-state index contributed by atoms with van der Waals surface area (Å²) in [6, 6.07) is 9.42. The molecule has 0 fully saturated rings. The van der Waals surface area contributed by atoms with Gasteiger partial charge in [-0.3, -0.25) is 4.79 Å². The Labute approximate surface area is 106 Å². The second-order valence-corrected chi connectivity index (χ2v) is 4.10. The van der Waals surface area contributed by atoms with Gasteiger partial charge in [0, 0.05) is 26.0 Å². The van der Waals surface area contributed by atoms with E-state index in [2.05, 4.69) is 5.32 Å². The number of aromatic nitrogens is 1. The third kappa shape index (κ3) is 2.91. The molecular formula is C14H16N2O2. The van der Waals surface area contributed by atoms with Gasteiger partial charge in [-0.25, -0.2) is 0 Å². The lowest BCUT2D eigenvalue weighted by molar-refractivity contribution is 0.0951. The molecule has 0 unspecified atom stereocenters. The maximum Gasteiger partial charge on any atom is 0.253 e. The maximum absolute atomic E-state index is 11.8. The number of nitrogens with one attached hydrogen (secondary N) is 1. The number of rotatable bonds is 4. The molecule has 0 aliphatic carbocycles. The summed E-state index contributed by atoms with van der Waals surface area (Å²) < 4.78 is 6.93. The van der Waals surface area contributed by atoms with E-state index in [0.717, 1.165) is 11.3 Å². The second-order valence-electron chi connectivity index (χ2n) is 4.10. The predicted molar refractivity (Wildman–Crippen MR) is 69.6 cm³/mol. The topological polar surface area (TPSA) is 43.3 Å². The second kappa shape index (κ2) is 5.40. The average Bonchev–Trinajstić information content (AvgIpc) is 2.83. The van der Waals surface area contributed by atoms with E-state index in [9.17, 15) is 4.79 Å². The first-order valence-corrected chi connectivity index (χ1v) is 5.72. The predicted octanol–water partition coefficient (Wildman–Crippen LogP) is 1.96. The number of ether oxygens (including phenoxy) is 1. The zero-order chi connectivity index (χ0) is 13.0. The van der Waals surface area contributed by atoms with Crippen LogP contribution in [0.25, 0.3) is 0 Å². The van der Waals surface area contributed by atoms with Crippen molar-refractivity contribution in [3.8, 4) is 5.75 Å². The summed E-state index contributed by atoms with van der Waals surface area (Å²) in [6.45, 7) is 0.512. The molecule has 1 aromatic heterocycles. The lowest BCUT2D eigenvalue weighted by Gasteiger charge is -2.05. The molecule has 0 spiro atoms. The first-order chi connectivity index (χ1) is 8.69. The fourth-order valence-electron chi connectivity index (χ4n) is 1.67. The van der Waals surface area contributed by atoms with Crippen LogP contribution in [0.2, 0.25) is 0 Å². The number of hydrogen-bond acceptors (Lipinski definition) is 2. The third-order valence-electron chi connectivity index (χ3n) is 2.71. The van der Waals surface area contributed by atoms with Crippen LogP contribution in [0.3, 0.4) is 0 Å². The Morgan fingerprint density at radius 1 is 1.28 bits per heavy atom. The molecule has 4 heteroatoms. The Hall–Kier alpha value is -2.23. The van der Waals surface area contributed by atoms with E-state index in [-0.39, 0.29) is 5.91 Å². The monoisotopic (exact) mass is 244 g/mol. The van der Waals surface area contributed by atoms with Gasteiger partial charge in [-0.15, -0.1) is 0 Å². The van der Waals surface area contributed by atoms with E-state index in [1.807, 2.05) is 42.1 Å². The number of nitrogens with zero attached hydrogens (tertiary/aromatic N) is 1. The SMILES string of the molecule is COc1ccc(CNC(=O)c2ccn(C)c2)cc1. The summed E-state index contributed by atoms with van der Waals surface area (Å²) in [4.78, 5) is 11.8. The highest BCUT2D eigenvalue weighted by molar-refractivity contribution is 5.93. The number of benzene rings is 1. The molecular weight excluding hydrogens is 228 g/mol. The summed E-state index contributed by atoms with van der Waals surface area (Å²) in [7, 11) is 3.52. The van der Waals surface area contributed by atoms with Crippen molar-refractivity contribution in [3.05, 3.63) is 53.9 Å². The average molecular weight is 244 g/mol. The van der Waals surface area contributed by atoms with Crippen LogP contribution < -0.4 is 10.1 Å². The molecule has 0 bridgehead atoms.